The molecule has 0 aromatic heterocycles. The van der Waals surface area contributed by atoms with Crippen LogP contribution in [0.4, 0.5) is 5.69 Å². The molecule has 1 amide bonds. The molecule has 1 saturated carbocycles. The molecule has 1 fully saturated rings. The van der Waals surface area contributed by atoms with Crippen LogP contribution in [0.5, 0.6) is 5.75 Å². The topological polar surface area (TPSA) is 64.3 Å². The maximum Gasteiger partial charge on any atom is 0.227 e. The fraction of sp³-hybridized carbons (Fsp3) is 0.417. The molecular weight excluding hydrogens is 204 g/mol. The molecule has 0 heterocycles. The Morgan fingerprint density at radius 3 is 3.00 bits per heavy atom. The average molecular weight is 220 g/mol. The van der Waals surface area contributed by atoms with Crippen LogP contribution >= 0.6 is 0 Å². The van der Waals surface area contributed by atoms with Crippen molar-refractivity contribution >= 4 is 11.6 Å². The first-order valence-electron chi connectivity index (χ1n) is 5.53. The van der Waals surface area contributed by atoms with Gasteiger partial charge in [0.2, 0.25) is 5.91 Å². The van der Waals surface area contributed by atoms with Crippen molar-refractivity contribution in [2.75, 3.05) is 18.5 Å². The molecule has 16 heavy (non-hydrogen) atoms. The van der Waals surface area contributed by atoms with Crippen molar-refractivity contribution in [1.82, 2.24) is 0 Å². The Kier molecular flexibility index (Phi) is 3.41. The minimum atomic E-state index is 0.107. The van der Waals surface area contributed by atoms with Gasteiger partial charge in [-0.1, -0.05) is 6.07 Å². The number of hydrogen-bond donors (Lipinski definition) is 2. The van der Waals surface area contributed by atoms with E-state index in [1.807, 2.05) is 24.3 Å². The number of benzene rings is 1. The third kappa shape index (κ3) is 2.97. The Hall–Kier alpha value is -1.55. The van der Waals surface area contributed by atoms with Crippen LogP contribution in [0.15, 0.2) is 24.3 Å². The van der Waals surface area contributed by atoms with E-state index in [1.165, 1.54) is 0 Å². The molecule has 4 heteroatoms. The number of amides is 1. The van der Waals surface area contributed by atoms with Crippen molar-refractivity contribution in [2.24, 2.45) is 11.7 Å². The number of rotatable bonds is 5. The maximum atomic E-state index is 11.5. The monoisotopic (exact) mass is 220 g/mol. The van der Waals surface area contributed by atoms with Gasteiger partial charge in [0.1, 0.15) is 12.4 Å². The summed E-state index contributed by atoms with van der Waals surface area (Å²) < 4.78 is 5.38. The van der Waals surface area contributed by atoms with Crippen LogP contribution < -0.4 is 15.8 Å². The van der Waals surface area contributed by atoms with E-state index < -0.39 is 0 Å². The first kappa shape index (κ1) is 11.0. The van der Waals surface area contributed by atoms with E-state index in [0.29, 0.717) is 13.2 Å². The van der Waals surface area contributed by atoms with Gasteiger partial charge in [-0.25, -0.2) is 0 Å². The molecule has 1 aliphatic rings. The van der Waals surface area contributed by atoms with Gasteiger partial charge in [-0.3, -0.25) is 4.79 Å². The second-order valence-corrected chi connectivity index (χ2v) is 3.93. The van der Waals surface area contributed by atoms with Gasteiger partial charge in [0.25, 0.3) is 0 Å². The van der Waals surface area contributed by atoms with Crippen LogP contribution in [0.25, 0.3) is 0 Å². The van der Waals surface area contributed by atoms with Crippen LogP contribution in [0, 0.1) is 5.92 Å². The van der Waals surface area contributed by atoms with Crippen LogP contribution in [0.3, 0.4) is 0 Å². The van der Waals surface area contributed by atoms with Crippen LogP contribution in [0.2, 0.25) is 0 Å². The Balaban J connectivity index is 1.95. The summed E-state index contributed by atoms with van der Waals surface area (Å²) >= 11 is 0. The molecule has 0 aliphatic heterocycles. The van der Waals surface area contributed by atoms with E-state index in [4.69, 9.17) is 10.5 Å². The summed E-state index contributed by atoms with van der Waals surface area (Å²) in [5.74, 6) is 1.06. The average Bonchev–Trinajstić information content (AvgIpc) is 3.10. The molecule has 1 aromatic carbocycles. The van der Waals surface area contributed by atoms with E-state index in [0.717, 1.165) is 24.3 Å². The summed E-state index contributed by atoms with van der Waals surface area (Å²) in [5.41, 5.74) is 6.13. The van der Waals surface area contributed by atoms with Gasteiger partial charge in [-0.15, -0.1) is 0 Å². The van der Waals surface area contributed by atoms with Crippen molar-refractivity contribution in [2.45, 2.75) is 12.8 Å². The Morgan fingerprint density at radius 1 is 1.50 bits per heavy atom. The highest BCUT2D eigenvalue weighted by Gasteiger charge is 2.29. The number of carbonyl (C=O) groups excluding carboxylic acids is 1. The van der Waals surface area contributed by atoms with Gasteiger partial charge in [0.15, 0.2) is 0 Å². The van der Waals surface area contributed by atoms with E-state index in [9.17, 15) is 4.79 Å². The molecule has 0 unspecified atom stereocenters. The Morgan fingerprint density at radius 2 is 2.31 bits per heavy atom. The highest BCUT2D eigenvalue weighted by molar-refractivity contribution is 5.94. The third-order valence-corrected chi connectivity index (χ3v) is 2.44. The summed E-state index contributed by atoms with van der Waals surface area (Å²) in [6.45, 7) is 0.971. The Labute approximate surface area is 94.8 Å². The van der Waals surface area contributed by atoms with Crippen molar-refractivity contribution in [3.63, 3.8) is 0 Å². The number of carbonyl (C=O) groups is 1. The molecule has 1 aliphatic carbocycles. The second-order valence-electron chi connectivity index (χ2n) is 3.93. The lowest BCUT2D eigenvalue weighted by Gasteiger charge is -2.07. The molecule has 0 bridgehead atoms. The van der Waals surface area contributed by atoms with Crippen molar-refractivity contribution in [3.8, 4) is 5.75 Å². The lowest BCUT2D eigenvalue weighted by atomic mass is 10.3. The largest absolute Gasteiger partial charge is 0.492 e. The zero-order chi connectivity index (χ0) is 11.4. The van der Waals surface area contributed by atoms with Crippen LogP contribution in [-0.2, 0) is 4.79 Å². The van der Waals surface area contributed by atoms with E-state index in [2.05, 4.69) is 5.32 Å². The van der Waals surface area contributed by atoms with Gasteiger partial charge < -0.3 is 15.8 Å². The van der Waals surface area contributed by atoms with Crippen LogP contribution in [-0.4, -0.2) is 19.1 Å². The van der Waals surface area contributed by atoms with E-state index >= 15 is 0 Å². The third-order valence-electron chi connectivity index (χ3n) is 2.44. The molecule has 0 saturated heterocycles. The molecule has 4 nitrogen and oxygen atoms in total. The lowest BCUT2D eigenvalue weighted by Crippen LogP contribution is -2.13. The highest BCUT2D eigenvalue weighted by Crippen LogP contribution is 2.30. The first-order chi connectivity index (χ1) is 7.79. The van der Waals surface area contributed by atoms with Gasteiger partial charge in [0.05, 0.1) is 0 Å². The predicted molar refractivity (Wildman–Crippen MR) is 62.3 cm³/mol. The molecule has 86 valence electrons. The van der Waals surface area contributed by atoms with Crippen molar-refractivity contribution < 1.29 is 9.53 Å². The van der Waals surface area contributed by atoms with Crippen molar-refractivity contribution in [3.05, 3.63) is 24.3 Å². The van der Waals surface area contributed by atoms with Gasteiger partial charge >= 0.3 is 0 Å². The molecule has 0 spiro atoms. The standard InChI is InChI=1S/C12H16N2O2/c13-6-7-16-11-3-1-2-10(8-11)14-12(15)9-4-5-9/h1-3,8-9H,4-7,13H2,(H,14,15). The van der Waals surface area contributed by atoms with Crippen molar-refractivity contribution in [1.29, 1.82) is 0 Å². The highest BCUT2D eigenvalue weighted by atomic mass is 16.5. The van der Waals surface area contributed by atoms with Crippen LogP contribution in [0.1, 0.15) is 12.8 Å². The molecule has 1 aromatic rings. The molecular formula is C12H16N2O2. The summed E-state index contributed by atoms with van der Waals surface area (Å²) in [5, 5.41) is 2.87. The SMILES string of the molecule is NCCOc1cccc(NC(=O)C2CC2)c1. The molecule has 3 N–H and O–H groups in total. The first-order valence-corrected chi connectivity index (χ1v) is 5.53. The van der Waals surface area contributed by atoms with Gasteiger partial charge in [0, 0.05) is 24.2 Å². The zero-order valence-electron chi connectivity index (χ0n) is 9.11. The maximum absolute atomic E-state index is 11.5. The van der Waals surface area contributed by atoms with E-state index in [-0.39, 0.29) is 11.8 Å². The number of anilines is 1. The van der Waals surface area contributed by atoms with E-state index in [1.54, 1.807) is 0 Å². The molecule has 0 atom stereocenters. The predicted octanol–water partition coefficient (Wildman–Crippen LogP) is 1.37. The Bertz CT molecular complexity index is 375. The van der Waals surface area contributed by atoms with Gasteiger partial charge in [-0.05, 0) is 25.0 Å². The number of nitrogens with two attached hydrogens (primary N) is 1. The lowest BCUT2D eigenvalue weighted by molar-refractivity contribution is -0.117. The minimum absolute atomic E-state index is 0.107. The number of ether oxygens (including phenoxy) is 1. The fourth-order valence-corrected chi connectivity index (χ4v) is 1.43. The smallest absolute Gasteiger partial charge is 0.227 e. The summed E-state index contributed by atoms with van der Waals surface area (Å²) in [7, 11) is 0. The fourth-order valence-electron chi connectivity index (χ4n) is 1.43. The molecule has 2 rings (SSSR count). The summed E-state index contributed by atoms with van der Waals surface area (Å²) in [6, 6.07) is 7.38. The quantitative estimate of drug-likeness (QED) is 0.787. The number of hydrogen-bond acceptors (Lipinski definition) is 3. The van der Waals surface area contributed by atoms with Gasteiger partial charge in [-0.2, -0.15) is 0 Å². The summed E-state index contributed by atoms with van der Waals surface area (Å²) in [4.78, 5) is 11.5. The molecule has 0 radical (unpaired) electrons. The zero-order valence-corrected chi connectivity index (χ0v) is 9.11. The minimum Gasteiger partial charge on any atom is -0.492 e. The second kappa shape index (κ2) is 4.99. The number of nitrogens with one attached hydrogen (secondary N) is 1. The summed E-state index contributed by atoms with van der Waals surface area (Å²) in [6.07, 6.45) is 2.02. The normalized spacial score (nSPS) is 14.6.